The molecule has 0 N–H and O–H groups in total. The lowest BCUT2D eigenvalue weighted by atomic mass is 9.92. The molecule has 25 heavy (non-hydrogen) atoms. The average molecular weight is 336 g/mol. The molecule has 1 aromatic heterocycles. The van der Waals surface area contributed by atoms with Gasteiger partial charge in [-0.15, -0.1) is 0 Å². The van der Waals surface area contributed by atoms with E-state index in [4.69, 9.17) is 0 Å². The van der Waals surface area contributed by atoms with Gasteiger partial charge in [0, 0.05) is 44.3 Å². The third-order valence-electron chi connectivity index (χ3n) is 5.57. The Labute approximate surface area is 148 Å². The summed E-state index contributed by atoms with van der Waals surface area (Å²) in [5.41, 5.74) is 2.34. The number of hydrogen-bond acceptors (Lipinski definition) is 4. The summed E-state index contributed by atoms with van der Waals surface area (Å²) in [6.07, 6.45) is 4.79. The minimum Gasteiger partial charge on any atom is -0.309 e. The van der Waals surface area contributed by atoms with Crippen molar-refractivity contribution in [1.82, 2.24) is 14.8 Å². The standard InChI is InChI=1S/C20H24N4O/c1-22-14-19(25)24(18-5-3-2-4-6-18)16-20(22)9-12-23(15-20)13-17-7-10-21-11-8-17/h2-8,10-11H,9,12-16H2,1H3. The lowest BCUT2D eigenvalue weighted by molar-refractivity contribution is -0.123. The highest BCUT2D eigenvalue weighted by Crippen LogP contribution is 2.33. The maximum atomic E-state index is 12.6. The zero-order valence-electron chi connectivity index (χ0n) is 14.6. The van der Waals surface area contributed by atoms with Gasteiger partial charge >= 0.3 is 0 Å². The summed E-state index contributed by atoms with van der Waals surface area (Å²) >= 11 is 0. The minimum atomic E-state index is 0.0385. The van der Waals surface area contributed by atoms with E-state index in [0.29, 0.717) is 6.54 Å². The average Bonchev–Trinajstić information content (AvgIpc) is 3.04. The first-order chi connectivity index (χ1) is 12.2. The maximum Gasteiger partial charge on any atom is 0.241 e. The number of likely N-dealkylation sites (tertiary alicyclic amines) is 1. The molecule has 5 heteroatoms. The summed E-state index contributed by atoms with van der Waals surface area (Å²) in [6.45, 7) is 4.24. The SMILES string of the molecule is CN1CC(=O)N(c2ccccc2)CC12CCN(Cc1ccncc1)C2. The van der Waals surface area contributed by atoms with E-state index in [1.165, 1.54) is 5.56 Å². The normalized spacial score (nSPS) is 25.0. The van der Waals surface area contributed by atoms with Gasteiger partial charge in [0.25, 0.3) is 0 Å². The molecule has 2 fully saturated rings. The fourth-order valence-corrected chi connectivity index (χ4v) is 4.06. The predicted octanol–water partition coefficient (Wildman–Crippen LogP) is 2.00. The summed E-state index contributed by atoms with van der Waals surface area (Å²) in [5, 5.41) is 0. The molecule has 3 heterocycles. The van der Waals surface area contributed by atoms with Crippen molar-refractivity contribution in [2.24, 2.45) is 0 Å². The molecule has 130 valence electrons. The number of piperazine rings is 1. The summed E-state index contributed by atoms with van der Waals surface area (Å²) in [5.74, 6) is 0.187. The van der Waals surface area contributed by atoms with E-state index >= 15 is 0 Å². The number of rotatable bonds is 3. The number of likely N-dealkylation sites (N-methyl/N-ethyl adjacent to an activating group) is 1. The Kier molecular flexibility index (Phi) is 4.27. The van der Waals surface area contributed by atoms with Crippen molar-refractivity contribution >= 4 is 11.6 Å². The lowest BCUT2D eigenvalue weighted by Gasteiger charge is -2.47. The zero-order chi connectivity index (χ0) is 17.3. The summed E-state index contributed by atoms with van der Waals surface area (Å²) in [6, 6.07) is 14.2. The molecule has 2 aliphatic rings. The second-order valence-electron chi connectivity index (χ2n) is 7.21. The van der Waals surface area contributed by atoms with Crippen molar-refractivity contribution in [2.45, 2.75) is 18.5 Å². The highest BCUT2D eigenvalue weighted by molar-refractivity contribution is 5.96. The lowest BCUT2D eigenvalue weighted by Crippen LogP contribution is -2.64. The van der Waals surface area contributed by atoms with Gasteiger partial charge < -0.3 is 4.90 Å². The molecule has 0 aliphatic carbocycles. The second-order valence-corrected chi connectivity index (χ2v) is 7.21. The van der Waals surface area contributed by atoms with Crippen molar-refractivity contribution in [3.63, 3.8) is 0 Å². The van der Waals surface area contributed by atoms with Gasteiger partial charge in [0.2, 0.25) is 5.91 Å². The summed E-state index contributed by atoms with van der Waals surface area (Å²) in [4.78, 5) is 23.4. The van der Waals surface area contributed by atoms with Crippen LogP contribution in [0.4, 0.5) is 5.69 Å². The van der Waals surface area contributed by atoms with Crippen molar-refractivity contribution < 1.29 is 4.79 Å². The Hall–Kier alpha value is -2.24. The van der Waals surface area contributed by atoms with Crippen molar-refractivity contribution in [1.29, 1.82) is 0 Å². The molecular weight excluding hydrogens is 312 g/mol. The number of anilines is 1. The molecule has 4 rings (SSSR count). The topological polar surface area (TPSA) is 39.7 Å². The Morgan fingerprint density at radius 2 is 1.84 bits per heavy atom. The minimum absolute atomic E-state index is 0.0385. The molecule has 0 saturated carbocycles. The fraction of sp³-hybridized carbons (Fsp3) is 0.400. The van der Waals surface area contributed by atoms with E-state index in [1.807, 2.05) is 47.6 Å². The first-order valence-electron chi connectivity index (χ1n) is 8.84. The highest BCUT2D eigenvalue weighted by Gasteiger charge is 2.47. The highest BCUT2D eigenvalue weighted by atomic mass is 16.2. The molecule has 1 spiro atoms. The molecule has 1 atom stereocenters. The van der Waals surface area contributed by atoms with Crippen LogP contribution in [-0.4, -0.2) is 59.5 Å². The van der Waals surface area contributed by atoms with E-state index < -0.39 is 0 Å². The van der Waals surface area contributed by atoms with Crippen molar-refractivity contribution in [3.8, 4) is 0 Å². The van der Waals surface area contributed by atoms with Gasteiger partial charge in [0.1, 0.15) is 0 Å². The number of benzene rings is 1. The van der Waals surface area contributed by atoms with Crippen LogP contribution in [0, 0.1) is 0 Å². The van der Waals surface area contributed by atoms with Crippen molar-refractivity contribution in [2.75, 3.05) is 38.1 Å². The van der Waals surface area contributed by atoms with E-state index in [-0.39, 0.29) is 11.4 Å². The first kappa shape index (κ1) is 16.2. The first-order valence-corrected chi connectivity index (χ1v) is 8.84. The quantitative estimate of drug-likeness (QED) is 0.860. The Morgan fingerprint density at radius 1 is 1.08 bits per heavy atom. The molecule has 1 unspecified atom stereocenters. The van der Waals surface area contributed by atoms with E-state index in [2.05, 4.69) is 34.0 Å². The predicted molar refractivity (Wildman–Crippen MR) is 98.3 cm³/mol. The molecule has 2 aliphatic heterocycles. The number of carbonyl (C=O) groups is 1. The monoisotopic (exact) mass is 336 g/mol. The van der Waals surface area contributed by atoms with Gasteiger partial charge in [-0.1, -0.05) is 18.2 Å². The number of hydrogen-bond donors (Lipinski definition) is 0. The second kappa shape index (κ2) is 6.58. The smallest absolute Gasteiger partial charge is 0.241 e. The number of aromatic nitrogens is 1. The van der Waals surface area contributed by atoms with Crippen LogP contribution in [-0.2, 0) is 11.3 Å². The van der Waals surface area contributed by atoms with Gasteiger partial charge in [-0.3, -0.25) is 19.6 Å². The van der Waals surface area contributed by atoms with Crippen LogP contribution in [0.25, 0.3) is 0 Å². The molecule has 2 aromatic rings. The van der Waals surface area contributed by atoms with E-state index in [1.54, 1.807) is 0 Å². The zero-order valence-corrected chi connectivity index (χ0v) is 14.6. The Balaban J connectivity index is 1.51. The molecule has 0 bridgehead atoms. The van der Waals surface area contributed by atoms with Gasteiger partial charge in [-0.25, -0.2) is 0 Å². The van der Waals surface area contributed by atoms with Crippen LogP contribution in [0.5, 0.6) is 0 Å². The van der Waals surface area contributed by atoms with E-state index in [0.717, 1.165) is 38.3 Å². The number of pyridine rings is 1. The van der Waals surface area contributed by atoms with Crippen LogP contribution in [0.3, 0.4) is 0 Å². The third-order valence-corrected chi connectivity index (χ3v) is 5.57. The largest absolute Gasteiger partial charge is 0.309 e. The molecule has 1 aromatic carbocycles. The Morgan fingerprint density at radius 3 is 2.60 bits per heavy atom. The van der Waals surface area contributed by atoms with Gasteiger partial charge in [0.05, 0.1) is 12.1 Å². The van der Waals surface area contributed by atoms with Gasteiger partial charge in [0.15, 0.2) is 0 Å². The summed E-state index contributed by atoms with van der Waals surface area (Å²) in [7, 11) is 2.09. The van der Waals surface area contributed by atoms with Gasteiger partial charge in [-0.2, -0.15) is 0 Å². The van der Waals surface area contributed by atoms with E-state index in [9.17, 15) is 4.79 Å². The molecule has 2 saturated heterocycles. The maximum absolute atomic E-state index is 12.6. The summed E-state index contributed by atoms with van der Waals surface area (Å²) < 4.78 is 0. The Bertz CT molecular complexity index is 736. The number of amides is 1. The van der Waals surface area contributed by atoms with Crippen LogP contribution in [0.1, 0.15) is 12.0 Å². The number of para-hydroxylation sites is 1. The van der Waals surface area contributed by atoms with Crippen molar-refractivity contribution in [3.05, 3.63) is 60.4 Å². The third kappa shape index (κ3) is 3.17. The van der Waals surface area contributed by atoms with Gasteiger partial charge in [-0.05, 0) is 43.3 Å². The number of nitrogens with zero attached hydrogens (tertiary/aromatic N) is 4. The van der Waals surface area contributed by atoms with Crippen LogP contribution in [0.15, 0.2) is 54.9 Å². The molecule has 1 amide bonds. The van der Waals surface area contributed by atoms with Crippen LogP contribution >= 0.6 is 0 Å². The number of carbonyl (C=O) groups excluding carboxylic acids is 1. The molecule has 0 radical (unpaired) electrons. The molecular formula is C20H24N4O. The van der Waals surface area contributed by atoms with Crippen LogP contribution in [0.2, 0.25) is 0 Å². The van der Waals surface area contributed by atoms with Crippen LogP contribution < -0.4 is 4.90 Å². The molecule has 5 nitrogen and oxygen atoms in total. The fourth-order valence-electron chi connectivity index (χ4n) is 4.06.